The van der Waals surface area contributed by atoms with E-state index in [0.717, 1.165) is 29.2 Å². The van der Waals surface area contributed by atoms with Gasteiger partial charge in [-0.25, -0.2) is 9.97 Å². The summed E-state index contributed by atoms with van der Waals surface area (Å²) in [7, 11) is 1.63. The van der Waals surface area contributed by atoms with Crippen molar-refractivity contribution >= 4 is 11.3 Å². The van der Waals surface area contributed by atoms with Crippen molar-refractivity contribution in [2.24, 2.45) is 0 Å². The van der Waals surface area contributed by atoms with Gasteiger partial charge in [-0.3, -0.25) is 0 Å². The number of ether oxygens (including phenoxy) is 1. The summed E-state index contributed by atoms with van der Waals surface area (Å²) in [4.78, 5) is 10.2. The van der Waals surface area contributed by atoms with E-state index in [1.165, 1.54) is 4.88 Å². The molecule has 20 heavy (non-hydrogen) atoms. The molecule has 0 radical (unpaired) electrons. The second kappa shape index (κ2) is 6.81. The second-order valence-corrected chi connectivity index (χ2v) is 5.84. The molecule has 4 nitrogen and oxygen atoms in total. The number of methoxy groups -OCH3 is 1. The fourth-order valence-corrected chi connectivity index (χ4v) is 3.28. The predicted octanol–water partition coefficient (Wildman–Crippen LogP) is 3.12. The first-order valence-electron chi connectivity index (χ1n) is 6.82. The number of nitrogens with zero attached hydrogens (tertiary/aromatic N) is 2. The van der Waals surface area contributed by atoms with Gasteiger partial charge in [0.25, 0.3) is 0 Å². The summed E-state index contributed by atoms with van der Waals surface area (Å²) in [5, 5.41) is 4.57. The number of pyridine rings is 1. The fraction of sp³-hybridized carbons (Fsp3) is 0.467. The van der Waals surface area contributed by atoms with Gasteiger partial charge in [-0.2, -0.15) is 0 Å². The zero-order valence-corrected chi connectivity index (χ0v) is 13.3. The van der Waals surface area contributed by atoms with E-state index in [9.17, 15) is 0 Å². The van der Waals surface area contributed by atoms with Gasteiger partial charge in [-0.05, 0) is 26.0 Å². The molecule has 0 amide bonds. The number of rotatable bonds is 6. The van der Waals surface area contributed by atoms with Crippen molar-refractivity contribution in [1.29, 1.82) is 0 Å². The smallest absolute Gasteiger partial charge is 0.212 e. The highest BCUT2D eigenvalue weighted by atomic mass is 32.1. The van der Waals surface area contributed by atoms with E-state index >= 15 is 0 Å². The van der Waals surface area contributed by atoms with E-state index in [-0.39, 0.29) is 0 Å². The van der Waals surface area contributed by atoms with Crippen LogP contribution >= 0.6 is 11.3 Å². The Kier molecular flexibility index (Phi) is 5.09. The largest absolute Gasteiger partial charge is 0.481 e. The molecule has 0 saturated heterocycles. The average molecular weight is 291 g/mol. The van der Waals surface area contributed by atoms with Gasteiger partial charge in [0.15, 0.2) is 0 Å². The van der Waals surface area contributed by atoms with Gasteiger partial charge in [0.2, 0.25) is 5.88 Å². The topological polar surface area (TPSA) is 47.0 Å². The maximum Gasteiger partial charge on any atom is 0.212 e. The number of hydrogen-bond acceptors (Lipinski definition) is 5. The lowest BCUT2D eigenvalue weighted by Gasteiger charge is -2.09. The summed E-state index contributed by atoms with van der Waals surface area (Å²) in [6, 6.07) is 4.29. The van der Waals surface area contributed by atoms with Crippen molar-refractivity contribution in [2.45, 2.75) is 33.2 Å². The van der Waals surface area contributed by atoms with Crippen LogP contribution in [0.2, 0.25) is 0 Å². The molecule has 2 rings (SSSR count). The molecule has 1 unspecified atom stereocenters. The fourth-order valence-electron chi connectivity index (χ4n) is 2.15. The maximum absolute atomic E-state index is 5.07. The van der Waals surface area contributed by atoms with Gasteiger partial charge in [-0.15, -0.1) is 11.3 Å². The lowest BCUT2D eigenvalue weighted by Crippen LogP contribution is -2.17. The van der Waals surface area contributed by atoms with Crippen molar-refractivity contribution in [2.75, 3.05) is 13.7 Å². The molecule has 0 spiro atoms. The van der Waals surface area contributed by atoms with Crippen LogP contribution in [0.4, 0.5) is 0 Å². The van der Waals surface area contributed by atoms with Crippen LogP contribution in [0.25, 0.3) is 0 Å². The van der Waals surface area contributed by atoms with Gasteiger partial charge in [0.1, 0.15) is 0 Å². The van der Waals surface area contributed by atoms with Crippen LogP contribution in [0.1, 0.15) is 41.0 Å². The van der Waals surface area contributed by atoms with E-state index in [1.54, 1.807) is 18.4 Å². The first-order chi connectivity index (χ1) is 9.63. The number of hydrogen-bond donors (Lipinski definition) is 1. The highest BCUT2D eigenvalue weighted by Crippen LogP contribution is 2.26. The minimum atomic E-state index is 0.361. The van der Waals surface area contributed by atoms with Gasteiger partial charge in [0, 0.05) is 29.6 Å². The van der Waals surface area contributed by atoms with Crippen molar-refractivity contribution < 1.29 is 4.74 Å². The van der Waals surface area contributed by atoms with Gasteiger partial charge in [-0.1, -0.05) is 13.0 Å². The Bertz CT molecular complexity index is 551. The van der Waals surface area contributed by atoms with Crippen molar-refractivity contribution in [3.63, 3.8) is 0 Å². The molecule has 5 heteroatoms. The standard InChI is InChI=1S/C15H21N3OS/c1-5-16-10(2)15-11(3)18-14(20-15)8-12-6-7-13(19-4)17-9-12/h6-7,9-10,16H,5,8H2,1-4H3. The Labute approximate surface area is 124 Å². The molecule has 0 saturated carbocycles. The summed E-state index contributed by atoms with van der Waals surface area (Å²) in [5.41, 5.74) is 2.28. The normalized spacial score (nSPS) is 12.4. The first-order valence-corrected chi connectivity index (χ1v) is 7.64. The minimum Gasteiger partial charge on any atom is -0.481 e. The Morgan fingerprint density at radius 2 is 2.20 bits per heavy atom. The van der Waals surface area contributed by atoms with Crippen molar-refractivity contribution in [3.8, 4) is 5.88 Å². The maximum atomic E-state index is 5.07. The summed E-state index contributed by atoms with van der Waals surface area (Å²) >= 11 is 1.78. The van der Waals surface area contributed by atoms with Crippen LogP contribution in [-0.2, 0) is 6.42 Å². The molecule has 1 N–H and O–H groups in total. The van der Waals surface area contributed by atoms with Gasteiger partial charge in [0.05, 0.1) is 17.8 Å². The molecule has 0 aliphatic carbocycles. The molecule has 0 aliphatic rings. The molecular weight excluding hydrogens is 270 g/mol. The molecule has 2 aromatic heterocycles. The van der Waals surface area contributed by atoms with Crippen LogP contribution < -0.4 is 10.1 Å². The third kappa shape index (κ3) is 3.55. The summed E-state index contributed by atoms with van der Waals surface area (Å²) in [6.45, 7) is 7.35. The van der Waals surface area contributed by atoms with Crippen LogP contribution in [-0.4, -0.2) is 23.6 Å². The Morgan fingerprint density at radius 3 is 2.80 bits per heavy atom. The zero-order valence-electron chi connectivity index (χ0n) is 12.4. The number of nitrogens with one attached hydrogen (secondary N) is 1. The van der Waals surface area contributed by atoms with E-state index in [1.807, 2.05) is 18.3 Å². The first kappa shape index (κ1) is 14.9. The lowest BCUT2D eigenvalue weighted by molar-refractivity contribution is 0.397. The van der Waals surface area contributed by atoms with Gasteiger partial charge < -0.3 is 10.1 Å². The van der Waals surface area contributed by atoms with E-state index < -0.39 is 0 Å². The summed E-state index contributed by atoms with van der Waals surface area (Å²) in [5.74, 6) is 0.644. The third-order valence-electron chi connectivity index (χ3n) is 3.14. The lowest BCUT2D eigenvalue weighted by atomic mass is 10.2. The average Bonchev–Trinajstić information content (AvgIpc) is 2.81. The molecule has 0 aromatic carbocycles. The van der Waals surface area contributed by atoms with Crippen LogP contribution in [0.5, 0.6) is 5.88 Å². The highest BCUT2D eigenvalue weighted by Gasteiger charge is 2.13. The molecule has 1 atom stereocenters. The zero-order chi connectivity index (χ0) is 14.5. The molecule has 0 aliphatic heterocycles. The Hall–Kier alpha value is -1.46. The highest BCUT2D eigenvalue weighted by molar-refractivity contribution is 7.11. The predicted molar refractivity (Wildman–Crippen MR) is 82.5 cm³/mol. The van der Waals surface area contributed by atoms with Crippen LogP contribution in [0.3, 0.4) is 0 Å². The number of aromatic nitrogens is 2. The second-order valence-electron chi connectivity index (χ2n) is 4.72. The molecule has 0 fully saturated rings. The SMILES string of the molecule is CCNC(C)c1sc(Cc2ccc(OC)nc2)nc1C. The Balaban J connectivity index is 2.11. The van der Waals surface area contributed by atoms with E-state index in [4.69, 9.17) is 4.74 Å². The monoisotopic (exact) mass is 291 g/mol. The van der Waals surface area contributed by atoms with Gasteiger partial charge >= 0.3 is 0 Å². The van der Waals surface area contributed by atoms with E-state index in [0.29, 0.717) is 11.9 Å². The summed E-state index contributed by atoms with van der Waals surface area (Å²) < 4.78 is 5.07. The van der Waals surface area contributed by atoms with Crippen LogP contribution in [0.15, 0.2) is 18.3 Å². The number of thiazole rings is 1. The molecule has 0 bridgehead atoms. The molecule has 2 heterocycles. The summed E-state index contributed by atoms with van der Waals surface area (Å²) in [6.07, 6.45) is 2.67. The third-order valence-corrected chi connectivity index (χ3v) is 4.48. The molecular formula is C15H21N3OS. The molecule has 108 valence electrons. The quantitative estimate of drug-likeness (QED) is 0.888. The number of aryl methyl sites for hydroxylation is 1. The van der Waals surface area contributed by atoms with E-state index in [2.05, 4.69) is 36.1 Å². The van der Waals surface area contributed by atoms with Crippen molar-refractivity contribution in [1.82, 2.24) is 15.3 Å². The van der Waals surface area contributed by atoms with Crippen LogP contribution in [0, 0.1) is 6.92 Å². The Morgan fingerprint density at radius 1 is 1.40 bits per heavy atom. The van der Waals surface area contributed by atoms with Crippen molar-refractivity contribution in [3.05, 3.63) is 39.5 Å². The molecule has 2 aromatic rings. The minimum absolute atomic E-state index is 0.361.